The molecule has 0 aromatic carbocycles. The van der Waals surface area contributed by atoms with Gasteiger partial charge in [0.15, 0.2) is 0 Å². The van der Waals surface area contributed by atoms with Crippen LogP contribution in [0.25, 0.3) is 0 Å². The van der Waals surface area contributed by atoms with Gasteiger partial charge in [0, 0.05) is 6.04 Å². The summed E-state index contributed by atoms with van der Waals surface area (Å²) in [6.45, 7) is 8.51. The summed E-state index contributed by atoms with van der Waals surface area (Å²) in [6.07, 6.45) is -0.651. The lowest BCUT2D eigenvalue weighted by Crippen LogP contribution is -2.50. The van der Waals surface area contributed by atoms with E-state index in [4.69, 9.17) is 9.84 Å². The molecule has 0 saturated carbocycles. The van der Waals surface area contributed by atoms with Crippen molar-refractivity contribution < 1.29 is 19.4 Å². The Balaban J connectivity index is 4.30. The monoisotopic (exact) mass is 232 g/mol. The highest BCUT2D eigenvalue weighted by molar-refractivity contribution is 5.71. The molecule has 0 saturated heterocycles. The normalized spacial score (nSPS) is 11.7. The van der Waals surface area contributed by atoms with Crippen molar-refractivity contribution in [3.63, 3.8) is 0 Å². The molecule has 6 nitrogen and oxygen atoms in total. The standard InChI is InChI=1S/C10H20N2O4/c1-7(2)12(6-8(13)14)11-9(15)16-10(3,4)5/h7H,6H2,1-5H3,(H,11,15)(H,13,14). The van der Waals surface area contributed by atoms with E-state index in [9.17, 15) is 9.59 Å². The van der Waals surface area contributed by atoms with Gasteiger partial charge in [0.2, 0.25) is 0 Å². The van der Waals surface area contributed by atoms with Crippen molar-refractivity contribution in [3.8, 4) is 0 Å². The third kappa shape index (κ3) is 7.05. The van der Waals surface area contributed by atoms with E-state index >= 15 is 0 Å². The number of amides is 1. The zero-order chi connectivity index (χ0) is 12.9. The average molecular weight is 232 g/mol. The molecule has 0 radical (unpaired) electrons. The minimum atomic E-state index is -1.01. The predicted molar refractivity (Wildman–Crippen MR) is 58.8 cm³/mol. The van der Waals surface area contributed by atoms with E-state index in [2.05, 4.69) is 5.43 Å². The number of carboxylic acids is 1. The maximum Gasteiger partial charge on any atom is 0.422 e. The van der Waals surface area contributed by atoms with E-state index in [1.807, 2.05) is 0 Å². The van der Waals surface area contributed by atoms with Crippen LogP contribution in [0.15, 0.2) is 0 Å². The zero-order valence-corrected chi connectivity index (χ0v) is 10.4. The van der Waals surface area contributed by atoms with Crippen molar-refractivity contribution in [2.24, 2.45) is 0 Å². The largest absolute Gasteiger partial charge is 0.480 e. The number of rotatable bonds is 4. The van der Waals surface area contributed by atoms with Crippen molar-refractivity contribution in [3.05, 3.63) is 0 Å². The fourth-order valence-electron chi connectivity index (χ4n) is 0.915. The van der Waals surface area contributed by atoms with Gasteiger partial charge in [0.1, 0.15) is 12.1 Å². The molecule has 16 heavy (non-hydrogen) atoms. The number of ether oxygens (including phenoxy) is 1. The first-order valence-electron chi connectivity index (χ1n) is 5.10. The summed E-state index contributed by atoms with van der Waals surface area (Å²) in [6, 6.07) is -0.122. The van der Waals surface area contributed by atoms with Gasteiger partial charge >= 0.3 is 12.1 Å². The Kier molecular flexibility index (Phi) is 5.23. The number of hydrogen-bond donors (Lipinski definition) is 2. The highest BCUT2D eigenvalue weighted by atomic mass is 16.6. The van der Waals surface area contributed by atoms with Crippen LogP contribution in [0.4, 0.5) is 4.79 Å². The van der Waals surface area contributed by atoms with E-state index in [0.29, 0.717) is 0 Å². The van der Waals surface area contributed by atoms with Crippen LogP contribution in [0.2, 0.25) is 0 Å². The smallest absolute Gasteiger partial charge is 0.422 e. The molecular weight excluding hydrogens is 212 g/mol. The molecule has 0 bridgehead atoms. The molecule has 94 valence electrons. The summed E-state index contributed by atoms with van der Waals surface area (Å²) >= 11 is 0. The number of hydrazine groups is 1. The minimum absolute atomic E-state index is 0.122. The van der Waals surface area contributed by atoms with Crippen molar-refractivity contribution in [1.29, 1.82) is 0 Å². The number of carbonyl (C=O) groups is 2. The van der Waals surface area contributed by atoms with Crippen molar-refractivity contribution >= 4 is 12.1 Å². The lowest BCUT2D eigenvalue weighted by molar-refractivity contribution is -0.139. The third-order valence-electron chi connectivity index (χ3n) is 1.56. The molecule has 0 aliphatic heterocycles. The maximum absolute atomic E-state index is 11.4. The molecule has 0 heterocycles. The quantitative estimate of drug-likeness (QED) is 0.712. The lowest BCUT2D eigenvalue weighted by Gasteiger charge is -2.27. The summed E-state index contributed by atoms with van der Waals surface area (Å²) in [7, 11) is 0. The van der Waals surface area contributed by atoms with Gasteiger partial charge in [-0.05, 0) is 34.6 Å². The van der Waals surface area contributed by atoms with Gasteiger partial charge in [-0.25, -0.2) is 9.80 Å². The first kappa shape index (κ1) is 14.7. The van der Waals surface area contributed by atoms with Gasteiger partial charge in [0.25, 0.3) is 0 Å². The third-order valence-corrected chi connectivity index (χ3v) is 1.56. The van der Waals surface area contributed by atoms with Crippen LogP contribution in [0.5, 0.6) is 0 Å². The lowest BCUT2D eigenvalue weighted by atomic mass is 10.2. The van der Waals surface area contributed by atoms with Crippen molar-refractivity contribution in [2.75, 3.05) is 6.54 Å². The molecule has 2 N–H and O–H groups in total. The second kappa shape index (κ2) is 5.69. The minimum Gasteiger partial charge on any atom is -0.480 e. The molecule has 0 atom stereocenters. The predicted octanol–water partition coefficient (Wildman–Crippen LogP) is 1.22. The Morgan fingerprint density at radius 3 is 2.19 bits per heavy atom. The second-order valence-corrected chi connectivity index (χ2v) is 4.73. The highest BCUT2D eigenvalue weighted by Gasteiger charge is 2.20. The molecule has 1 amide bonds. The first-order chi connectivity index (χ1) is 7.11. The van der Waals surface area contributed by atoms with Crippen LogP contribution in [0, 0.1) is 0 Å². The van der Waals surface area contributed by atoms with Crippen LogP contribution in [0.1, 0.15) is 34.6 Å². The van der Waals surface area contributed by atoms with Crippen LogP contribution < -0.4 is 5.43 Å². The average Bonchev–Trinajstić information content (AvgIpc) is 1.97. The summed E-state index contributed by atoms with van der Waals surface area (Å²) in [5.41, 5.74) is 1.79. The van der Waals surface area contributed by atoms with Crippen LogP contribution in [0.3, 0.4) is 0 Å². The van der Waals surface area contributed by atoms with Crippen molar-refractivity contribution in [1.82, 2.24) is 10.4 Å². The zero-order valence-electron chi connectivity index (χ0n) is 10.4. The molecule has 0 aromatic heterocycles. The molecule has 0 fully saturated rings. The van der Waals surface area contributed by atoms with Gasteiger partial charge in [0.05, 0.1) is 0 Å². The molecule has 6 heteroatoms. The van der Waals surface area contributed by atoms with Gasteiger partial charge in [-0.2, -0.15) is 0 Å². The van der Waals surface area contributed by atoms with E-state index in [-0.39, 0.29) is 12.6 Å². The first-order valence-corrected chi connectivity index (χ1v) is 5.10. The number of nitrogens with one attached hydrogen (secondary N) is 1. The fraction of sp³-hybridized carbons (Fsp3) is 0.800. The molecule has 0 aliphatic rings. The number of carbonyl (C=O) groups excluding carboxylic acids is 1. The summed E-state index contributed by atoms with van der Waals surface area (Å²) < 4.78 is 5.02. The van der Waals surface area contributed by atoms with Gasteiger partial charge < -0.3 is 9.84 Å². The van der Waals surface area contributed by atoms with Gasteiger partial charge in [-0.3, -0.25) is 10.2 Å². The summed E-state index contributed by atoms with van der Waals surface area (Å²) in [5, 5.41) is 9.95. The van der Waals surface area contributed by atoms with Crippen LogP contribution >= 0.6 is 0 Å². The molecule has 0 aliphatic carbocycles. The Morgan fingerprint density at radius 2 is 1.88 bits per heavy atom. The molecule has 0 aromatic rings. The summed E-state index contributed by atoms with van der Waals surface area (Å²) in [4.78, 5) is 21.9. The number of hydrogen-bond acceptors (Lipinski definition) is 4. The highest BCUT2D eigenvalue weighted by Crippen LogP contribution is 2.07. The fourth-order valence-corrected chi connectivity index (χ4v) is 0.915. The topological polar surface area (TPSA) is 78.9 Å². The number of nitrogens with zero attached hydrogens (tertiary/aromatic N) is 1. The van der Waals surface area contributed by atoms with Crippen molar-refractivity contribution in [2.45, 2.75) is 46.3 Å². The van der Waals surface area contributed by atoms with E-state index < -0.39 is 17.7 Å². The molecule has 0 spiro atoms. The van der Waals surface area contributed by atoms with Crippen LogP contribution in [-0.2, 0) is 9.53 Å². The van der Waals surface area contributed by atoms with Gasteiger partial charge in [-0.1, -0.05) is 0 Å². The molecule has 0 unspecified atom stereocenters. The molecular formula is C10H20N2O4. The van der Waals surface area contributed by atoms with E-state index in [0.717, 1.165) is 0 Å². The Bertz CT molecular complexity index is 258. The Morgan fingerprint density at radius 1 is 1.38 bits per heavy atom. The number of carboxylic acid groups (broad SMARTS) is 1. The van der Waals surface area contributed by atoms with Gasteiger partial charge in [-0.15, -0.1) is 0 Å². The SMILES string of the molecule is CC(C)N(CC(=O)O)NC(=O)OC(C)(C)C. The Labute approximate surface area is 95.5 Å². The second-order valence-electron chi connectivity index (χ2n) is 4.73. The van der Waals surface area contributed by atoms with Crippen LogP contribution in [-0.4, -0.2) is 40.4 Å². The Hall–Kier alpha value is -1.30. The van der Waals surface area contributed by atoms with E-state index in [1.54, 1.807) is 34.6 Å². The number of aliphatic carboxylic acids is 1. The maximum atomic E-state index is 11.4. The van der Waals surface area contributed by atoms with E-state index in [1.165, 1.54) is 5.01 Å². The summed E-state index contributed by atoms with van der Waals surface area (Å²) in [5.74, 6) is -1.01. The molecule has 0 rings (SSSR count).